The Morgan fingerprint density at radius 2 is 2.24 bits per heavy atom. The molecule has 116 valence electrons. The summed E-state index contributed by atoms with van der Waals surface area (Å²) in [5, 5.41) is 14.4. The quantitative estimate of drug-likeness (QED) is 0.894. The average molecular weight is 332 g/mol. The summed E-state index contributed by atoms with van der Waals surface area (Å²) >= 11 is 0. The van der Waals surface area contributed by atoms with Gasteiger partial charge in [0.15, 0.2) is 11.5 Å². The smallest absolute Gasteiger partial charge is 0.237 e. The third-order valence-electron chi connectivity index (χ3n) is 3.46. The van der Waals surface area contributed by atoms with E-state index in [2.05, 4.69) is 20.8 Å². The van der Waals surface area contributed by atoms with Gasteiger partial charge in [-0.1, -0.05) is 6.07 Å². The van der Waals surface area contributed by atoms with Crippen molar-refractivity contribution in [3.8, 4) is 0 Å². The third-order valence-corrected chi connectivity index (χ3v) is 3.46. The molecule has 1 aliphatic heterocycles. The van der Waals surface area contributed by atoms with Crippen molar-refractivity contribution in [2.45, 2.75) is 31.8 Å². The zero-order chi connectivity index (χ0) is 13.2. The van der Waals surface area contributed by atoms with Gasteiger partial charge in [0.2, 0.25) is 5.91 Å². The van der Waals surface area contributed by atoms with Gasteiger partial charge in [-0.05, 0) is 38.4 Å². The second kappa shape index (κ2) is 7.59. The predicted molar refractivity (Wildman–Crippen MR) is 85.1 cm³/mol. The Labute approximate surface area is 135 Å². The fourth-order valence-electron chi connectivity index (χ4n) is 2.44. The highest BCUT2D eigenvalue weighted by molar-refractivity contribution is 5.85. The molecule has 2 N–H and O–H groups in total. The highest BCUT2D eigenvalue weighted by Gasteiger charge is 2.24. The van der Waals surface area contributed by atoms with Crippen molar-refractivity contribution in [3.63, 3.8) is 0 Å². The van der Waals surface area contributed by atoms with Crippen LogP contribution in [0.1, 0.15) is 31.6 Å². The Morgan fingerprint density at radius 1 is 1.43 bits per heavy atom. The standard InChI is InChI=1S/C13H17N5O.2ClH/c1-9(15-13(19)10-5-4-7-14-10)12-17-16-11-6-2-3-8-18(11)12;;/h2-3,6,8-10,14H,4-5,7H2,1H3,(H,15,19);2*1H. The molecule has 0 spiro atoms. The van der Waals surface area contributed by atoms with Crippen LogP contribution < -0.4 is 10.6 Å². The van der Waals surface area contributed by atoms with Gasteiger partial charge in [-0.3, -0.25) is 9.20 Å². The minimum Gasteiger partial charge on any atom is -0.345 e. The van der Waals surface area contributed by atoms with Gasteiger partial charge in [-0.25, -0.2) is 0 Å². The van der Waals surface area contributed by atoms with Crippen molar-refractivity contribution in [1.29, 1.82) is 0 Å². The number of pyridine rings is 1. The van der Waals surface area contributed by atoms with E-state index in [-0.39, 0.29) is 42.8 Å². The molecule has 1 aliphatic rings. The van der Waals surface area contributed by atoms with Gasteiger partial charge >= 0.3 is 0 Å². The highest BCUT2D eigenvalue weighted by atomic mass is 35.5. The van der Waals surface area contributed by atoms with Gasteiger partial charge in [0.05, 0.1) is 12.1 Å². The molecule has 3 heterocycles. The van der Waals surface area contributed by atoms with Gasteiger partial charge in [0.1, 0.15) is 0 Å². The Kier molecular flexibility index (Phi) is 6.39. The van der Waals surface area contributed by atoms with E-state index >= 15 is 0 Å². The summed E-state index contributed by atoms with van der Waals surface area (Å²) in [6.07, 6.45) is 3.86. The summed E-state index contributed by atoms with van der Waals surface area (Å²) in [5.74, 6) is 0.791. The second-order valence-electron chi connectivity index (χ2n) is 4.87. The predicted octanol–water partition coefficient (Wildman–Crippen LogP) is 1.50. The number of fused-ring (bicyclic) bond motifs is 1. The Morgan fingerprint density at radius 3 is 2.95 bits per heavy atom. The Hall–Kier alpha value is -1.37. The second-order valence-corrected chi connectivity index (χ2v) is 4.87. The molecule has 0 aromatic carbocycles. The van der Waals surface area contributed by atoms with Crippen LogP contribution in [0.5, 0.6) is 0 Å². The van der Waals surface area contributed by atoms with E-state index in [0.29, 0.717) is 0 Å². The molecule has 2 unspecified atom stereocenters. The van der Waals surface area contributed by atoms with Crippen LogP contribution in [0.4, 0.5) is 0 Å². The molecule has 2 aromatic heterocycles. The molecule has 8 heteroatoms. The summed E-state index contributed by atoms with van der Waals surface area (Å²) in [6, 6.07) is 5.50. The number of nitrogens with zero attached hydrogens (tertiary/aromatic N) is 3. The van der Waals surface area contributed by atoms with Crippen molar-refractivity contribution < 1.29 is 4.79 Å². The van der Waals surface area contributed by atoms with E-state index in [1.54, 1.807) is 0 Å². The molecule has 6 nitrogen and oxygen atoms in total. The maximum absolute atomic E-state index is 12.1. The fraction of sp³-hybridized carbons (Fsp3) is 0.462. The number of carbonyl (C=O) groups excluding carboxylic acids is 1. The summed E-state index contributed by atoms with van der Waals surface area (Å²) in [5.41, 5.74) is 0.789. The molecule has 1 fully saturated rings. The number of carbonyl (C=O) groups is 1. The average Bonchev–Trinajstić information content (AvgIpc) is 3.08. The first-order chi connectivity index (χ1) is 9.25. The molecular weight excluding hydrogens is 313 g/mol. The van der Waals surface area contributed by atoms with E-state index in [0.717, 1.165) is 30.9 Å². The van der Waals surface area contributed by atoms with Crippen molar-refractivity contribution in [2.24, 2.45) is 0 Å². The van der Waals surface area contributed by atoms with Crippen molar-refractivity contribution in [1.82, 2.24) is 25.2 Å². The first-order valence-electron chi connectivity index (χ1n) is 6.59. The molecular formula is C13H19Cl2N5O. The number of amides is 1. The third kappa shape index (κ3) is 3.64. The topological polar surface area (TPSA) is 71.3 Å². The van der Waals surface area contributed by atoms with Crippen LogP contribution in [0, 0.1) is 0 Å². The van der Waals surface area contributed by atoms with E-state index in [1.165, 1.54) is 0 Å². The zero-order valence-corrected chi connectivity index (χ0v) is 13.3. The Bertz CT molecular complexity index is 597. The monoisotopic (exact) mass is 331 g/mol. The van der Waals surface area contributed by atoms with Crippen LogP contribution in [-0.2, 0) is 4.79 Å². The van der Waals surface area contributed by atoms with Crippen molar-refractivity contribution >= 4 is 36.4 Å². The summed E-state index contributed by atoms with van der Waals surface area (Å²) in [4.78, 5) is 12.1. The lowest BCUT2D eigenvalue weighted by molar-refractivity contribution is -0.123. The maximum atomic E-state index is 12.1. The number of hydrogen-bond acceptors (Lipinski definition) is 4. The van der Waals surface area contributed by atoms with Gasteiger partial charge in [0, 0.05) is 6.20 Å². The maximum Gasteiger partial charge on any atom is 0.237 e. The largest absolute Gasteiger partial charge is 0.345 e. The zero-order valence-electron chi connectivity index (χ0n) is 11.7. The van der Waals surface area contributed by atoms with Crippen LogP contribution >= 0.6 is 24.8 Å². The first-order valence-corrected chi connectivity index (χ1v) is 6.59. The molecule has 2 atom stereocenters. The molecule has 1 amide bonds. The van der Waals surface area contributed by atoms with Gasteiger partial charge in [-0.2, -0.15) is 0 Å². The highest BCUT2D eigenvalue weighted by Crippen LogP contribution is 2.13. The van der Waals surface area contributed by atoms with Gasteiger partial charge in [-0.15, -0.1) is 35.0 Å². The van der Waals surface area contributed by atoms with Crippen LogP contribution in [-0.4, -0.2) is 33.1 Å². The van der Waals surface area contributed by atoms with E-state index < -0.39 is 0 Å². The van der Waals surface area contributed by atoms with Gasteiger partial charge in [0.25, 0.3) is 0 Å². The molecule has 0 aliphatic carbocycles. The van der Waals surface area contributed by atoms with Crippen LogP contribution in [0.15, 0.2) is 24.4 Å². The van der Waals surface area contributed by atoms with Crippen molar-refractivity contribution in [2.75, 3.05) is 6.54 Å². The normalized spacial score (nSPS) is 18.6. The first kappa shape index (κ1) is 17.7. The molecule has 2 aromatic rings. The van der Waals surface area contributed by atoms with E-state index in [1.807, 2.05) is 35.7 Å². The lowest BCUT2D eigenvalue weighted by Crippen LogP contribution is -2.41. The Balaban J connectivity index is 0.00000110. The number of nitrogens with one attached hydrogen (secondary N) is 2. The number of halogens is 2. The summed E-state index contributed by atoms with van der Waals surface area (Å²) in [7, 11) is 0. The summed E-state index contributed by atoms with van der Waals surface area (Å²) < 4.78 is 1.90. The number of hydrogen-bond donors (Lipinski definition) is 2. The molecule has 0 bridgehead atoms. The minimum atomic E-state index is -0.160. The SMILES string of the molecule is CC(NC(=O)C1CCCN1)c1nnc2ccccn12.Cl.Cl. The van der Waals surface area contributed by atoms with Crippen LogP contribution in [0.2, 0.25) is 0 Å². The van der Waals surface area contributed by atoms with E-state index in [4.69, 9.17) is 0 Å². The molecule has 1 saturated heterocycles. The lowest BCUT2D eigenvalue weighted by Gasteiger charge is -2.16. The fourth-order valence-corrected chi connectivity index (χ4v) is 2.44. The minimum absolute atomic E-state index is 0. The molecule has 0 saturated carbocycles. The van der Waals surface area contributed by atoms with Gasteiger partial charge < -0.3 is 10.6 Å². The lowest BCUT2D eigenvalue weighted by atomic mass is 10.2. The molecule has 3 rings (SSSR count). The van der Waals surface area contributed by atoms with Crippen molar-refractivity contribution in [3.05, 3.63) is 30.2 Å². The van der Waals surface area contributed by atoms with Crippen LogP contribution in [0.25, 0.3) is 5.65 Å². The summed E-state index contributed by atoms with van der Waals surface area (Å²) in [6.45, 7) is 2.84. The molecule has 0 radical (unpaired) electrons. The van der Waals surface area contributed by atoms with E-state index in [9.17, 15) is 4.79 Å². The molecule has 21 heavy (non-hydrogen) atoms. The number of aromatic nitrogens is 3. The number of rotatable bonds is 3. The van der Waals surface area contributed by atoms with Crippen LogP contribution in [0.3, 0.4) is 0 Å².